The average Bonchev–Trinajstić information content (AvgIpc) is 3.49. The Labute approximate surface area is 251 Å². The molecule has 0 bridgehead atoms. The van der Waals surface area contributed by atoms with Gasteiger partial charge in [-0.1, -0.05) is 91.0 Å². The van der Waals surface area contributed by atoms with E-state index in [1.165, 1.54) is 4.90 Å². The van der Waals surface area contributed by atoms with Gasteiger partial charge in [0.15, 0.2) is 22.8 Å². The Bertz CT molecular complexity index is 1410. The van der Waals surface area contributed by atoms with Crippen LogP contribution in [0.15, 0.2) is 103 Å². The van der Waals surface area contributed by atoms with Gasteiger partial charge in [0.05, 0.1) is 12.6 Å². The number of rotatable bonds is 11. The van der Waals surface area contributed by atoms with Crippen molar-refractivity contribution in [3.63, 3.8) is 0 Å². The van der Waals surface area contributed by atoms with Crippen molar-refractivity contribution in [3.05, 3.63) is 125 Å². The van der Waals surface area contributed by atoms with Gasteiger partial charge in [-0.2, -0.15) is 0 Å². The molecule has 224 valence electrons. The molecule has 2 heterocycles. The summed E-state index contributed by atoms with van der Waals surface area (Å²) in [6.07, 6.45) is -2.66. The molecule has 43 heavy (non-hydrogen) atoms. The Hall–Kier alpha value is -4.27. The van der Waals surface area contributed by atoms with Crippen LogP contribution >= 0.6 is 0 Å². The molecule has 0 unspecified atom stereocenters. The van der Waals surface area contributed by atoms with E-state index in [-0.39, 0.29) is 31.9 Å². The molecule has 3 aromatic carbocycles. The standard InChI is InChI=1S/C33H35N3O7/c1-33(2)42-30-29(39-21-24-14-8-4-9-15-24)28(41-31(30)43-33)27(18-26(37)19-35-34)36(20-23-12-6-3-7-13-23)32(38)40-22-25-16-10-5-11-17-25/h3-17,19,27-31H,18,20-22H2,1-2H3/p+1/b26-19-/t27-,28-,29+,30-,31-/m1/s1. The molecule has 0 aromatic heterocycles. The molecule has 0 radical (unpaired) electrons. The first-order valence-corrected chi connectivity index (χ1v) is 14.2. The van der Waals surface area contributed by atoms with Crippen LogP contribution in [0.5, 0.6) is 0 Å². The molecule has 3 aromatic rings. The van der Waals surface area contributed by atoms with E-state index >= 15 is 0 Å². The van der Waals surface area contributed by atoms with Crippen molar-refractivity contribution in [2.45, 2.75) is 76.5 Å². The summed E-state index contributed by atoms with van der Waals surface area (Å²) in [7, 11) is 0. The van der Waals surface area contributed by atoms with Gasteiger partial charge in [-0.15, -0.1) is 0 Å². The molecular formula is C33H36N3O7+. The van der Waals surface area contributed by atoms with Crippen molar-refractivity contribution < 1.29 is 33.6 Å². The van der Waals surface area contributed by atoms with E-state index in [2.05, 4.69) is 4.98 Å². The highest BCUT2D eigenvalue weighted by Crippen LogP contribution is 2.42. The van der Waals surface area contributed by atoms with Gasteiger partial charge in [-0.05, 0) is 30.5 Å². The Kier molecular flexibility index (Phi) is 9.69. The number of hydrogen-bond acceptors (Lipinski definition) is 8. The van der Waals surface area contributed by atoms with Crippen LogP contribution < -0.4 is 0 Å². The van der Waals surface area contributed by atoms with Crippen LogP contribution in [-0.2, 0) is 43.4 Å². The van der Waals surface area contributed by atoms with Crippen LogP contribution in [0.2, 0.25) is 0 Å². The molecule has 5 rings (SSSR count). The van der Waals surface area contributed by atoms with Crippen molar-refractivity contribution >= 4 is 6.09 Å². The third kappa shape index (κ3) is 7.77. The Morgan fingerprint density at radius 2 is 1.53 bits per heavy atom. The maximum Gasteiger partial charge on any atom is 0.410 e. The maximum absolute atomic E-state index is 13.9. The molecule has 2 saturated heterocycles. The largest absolute Gasteiger partial charge is 0.505 e. The third-order valence-electron chi connectivity index (χ3n) is 7.35. The lowest BCUT2D eigenvalue weighted by atomic mass is 9.97. The number of carbonyl (C=O) groups excluding carboxylic acids is 1. The number of diazo groups is 1. The molecule has 0 saturated carbocycles. The summed E-state index contributed by atoms with van der Waals surface area (Å²) in [5.41, 5.74) is 2.62. The molecule has 5 atom stereocenters. The van der Waals surface area contributed by atoms with Gasteiger partial charge in [-0.25, -0.2) is 4.79 Å². The van der Waals surface area contributed by atoms with Crippen molar-refractivity contribution in [3.8, 4) is 0 Å². The van der Waals surface area contributed by atoms with Gasteiger partial charge in [0.25, 0.3) is 0 Å². The summed E-state index contributed by atoms with van der Waals surface area (Å²) in [5.74, 6) is -1.16. The highest BCUT2D eigenvalue weighted by Gasteiger charge is 2.58. The lowest BCUT2D eigenvalue weighted by Gasteiger charge is -2.37. The molecule has 1 amide bonds. The number of fused-ring (bicyclic) bond motifs is 1. The molecule has 10 heteroatoms. The summed E-state index contributed by atoms with van der Waals surface area (Å²) >= 11 is 0. The average molecular weight is 587 g/mol. The topological polar surface area (TPSA) is 115 Å². The Balaban J connectivity index is 1.49. The van der Waals surface area contributed by atoms with Gasteiger partial charge in [0, 0.05) is 13.0 Å². The molecule has 10 nitrogen and oxygen atoms in total. The van der Waals surface area contributed by atoms with Crippen molar-refractivity contribution in [1.29, 1.82) is 5.39 Å². The minimum absolute atomic E-state index is 0.0522. The van der Waals surface area contributed by atoms with Crippen molar-refractivity contribution in [2.24, 2.45) is 0 Å². The zero-order valence-corrected chi connectivity index (χ0v) is 24.2. The molecule has 2 aliphatic rings. The minimum atomic E-state index is -0.902. The van der Waals surface area contributed by atoms with E-state index < -0.39 is 42.5 Å². The smallest absolute Gasteiger partial charge is 0.410 e. The maximum atomic E-state index is 13.9. The number of nitrogens with zero attached hydrogens (tertiary/aromatic N) is 3. The van der Waals surface area contributed by atoms with Crippen LogP contribution in [0.25, 0.3) is 4.98 Å². The van der Waals surface area contributed by atoms with Gasteiger partial charge >= 0.3 is 12.3 Å². The lowest BCUT2D eigenvalue weighted by Crippen LogP contribution is -2.52. The number of hydrogen-bond donors (Lipinski definition) is 1. The molecule has 0 spiro atoms. The highest BCUT2D eigenvalue weighted by atomic mass is 16.8. The monoisotopic (exact) mass is 586 g/mol. The number of ether oxygens (including phenoxy) is 5. The molecular weight excluding hydrogens is 550 g/mol. The van der Waals surface area contributed by atoms with Gasteiger partial charge in [-0.3, -0.25) is 4.90 Å². The second-order valence-electron chi connectivity index (χ2n) is 11.0. The lowest BCUT2D eigenvalue weighted by molar-refractivity contribution is -0.226. The molecule has 2 fully saturated rings. The summed E-state index contributed by atoms with van der Waals surface area (Å²) in [4.78, 5) is 18.4. The van der Waals surface area contributed by atoms with Crippen LogP contribution in [0.1, 0.15) is 37.0 Å². The van der Waals surface area contributed by atoms with E-state index in [0.29, 0.717) is 0 Å². The second-order valence-corrected chi connectivity index (χ2v) is 11.0. The van der Waals surface area contributed by atoms with Crippen molar-refractivity contribution in [1.82, 2.24) is 4.90 Å². The van der Waals surface area contributed by atoms with Gasteiger partial charge < -0.3 is 28.8 Å². The van der Waals surface area contributed by atoms with Crippen LogP contribution in [0.3, 0.4) is 0 Å². The first-order chi connectivity index (χ1) is 20.8. The third-order valence-corrected chi connectivity index (χ3v) is 7.35. The van der Waals surface area contributed by atoms with E-state index in [1.54, 1.807) is 13.8 Å². The Morgan fingerprint density at radius 1 is 0.953 bits per heavy atom. The highest BCUT2D eigenvalue weighted by molar-refractivity contribution is 5.68. The normalized spacial score (nSPS) is 23.2. The fraction of sp³-hybridized carbons (Fsp3) is 0.364. The zero-order valence-electron chi connectivity index (χ0n) is 24.2. The fourth-order valence-corrected chi connectivity index (χ4v) is 5.41. The van der Waals surface area contributed by atoms with E-state index in [1.807, 2.05) is 91.0 Å². The predicted molar refractivity (Wildman–Crippen MR) is 157 cm³/mol. The Morgan fingerprint density at radius 3 is 2.14 bits per heavy atom. The van der Waals surface area contributed by atoms with Crippen LogP contribution in [0.4, 0.5) is 4.79 Å². The molecule has 1 N–H and O–H groups in total. The number of aliphatic hydroxyl groups excluding tert-OH is 1. The number of amides is 1. The number of carbonyl (C=O) groups is 1. The van der Waals surface area contributed by atoms with Crippen molar-refractivity contribution in [2.75, 3.05) is 0 Å². The fourth-order valence-electron chi connectivity index (χ4n) is 5.41. The zero-order chi connectivity index (χ0) is 30.2. The second kappa shape index (κ2) is 13.8. The number of aliphatic hydroxyl groups is 1. The first-order valence-electron chi connectivity index (χ1n) is 14.2. The van der Waals surface area contributed by atoms with E-state index in [0.717, 1.165) is 22.9 Å². The minimum Gasteiger partial charge on any atom is -0.505 e. The van der Waals surface area contributed by atoms with E-state index in [9.17, 15) is 9.90 Å². The van der Waals surface area contributed by atoms with Crippen LogP contribution in [-0.4, -0.2) is 52.5 Å². The van der Waals surface area contributed by atoms with Gasteiger partial charge in [0.2, 0.25) is 5.39 Å². The van der Waals surface area contributed by atoms with E-state index in [4.69, 9.17) is 29.1 Å². The summed E-state index contributed by atoms with van der Waals surface area (Å²) < 4.78 is 31.0. The SMILES string of the molecule is CC1(C)O[C@H]2O[C@H]([C@@H](C/C(O)=C/[N+]#N)N(Cc3ccccc3)C(=O)OCc3ccccc3)[C@H](OCc3ccccc3)[C@H]2O1. The first kappa shape index (κ1) is 30.2. The summed E-state index contributed by atoms with van der Waals surface area (Å²) in [6.45, 7) is 4.06. The van der Waals surface area contributed by atoms with Crippen LogP contribution in [0, 0.1) is 5.39 Å². The molecule has 2 aliphatic heterocycles. The number of benzene rings is 3. The predicted octanol–water partition coefficient (Wildman–Crippen LogP) is 6.30. The quantitative estimate of drug-likeness (QED) is 0.206. The van der Waals surface area contributed by atoms with Gasteiger partial charge in [0.1, 0.15) is 24.9 Å². The summed E-state index contributed by atoms with van der Waals surface area (Å²) in [5, 5.41) is 19.9. The summed E-state index contributed by atoms with van der Waals surface area (Å²) in [6, 6.07) is 27.7. The molecule has 0 aliphatic carbocycles.